The van der Waals surface area contributed by atoms with E-state index in [1.54, 1.807) is 7.11 Å². The van der Waals surface area contributed by atoms with Gasteiger partial charge in [-0.3, -0.25) is 0 Å². The van der Waals surface area contributed by atoms with Crippen molar-refractivity contribution < 1.29 is 9.47 Å². The Hall–Kier alpha value is -0.0400. The molecule has 1 aromatic rings. The lowest BCUT2D eigenvalue weighted by molar-refractivity contribution is -0.213. The number of benzene rings is 1. The third kappa shape index (κ3) is 7.34. The predicted octanol–water partition coefficient (Wildman–Crippen LogP) is 4.89. The fourth-order valence-corrected chi connectivity index (χ4v) is 2.90. The van der Waals surface area contributed by atoms with Crippen LogP contribution in [-0.2, 0) is 9.47 Å². The highest BCUT2D eigenvalue weighted by atomic mass is 127. The topological polar surface area (TPSA) is 18.5 Å². The van der Waals surface area contributed by atoms with Gasteiger partial charge in [-0.1, -0.05) is 40.8 Å². The van der Waals surface area contributed by atoms with E-state index in [0.29, 0.717) is 0 Å². The van der Waals surface area contributed by atoms with E-state index >= 15 is 0 Å². The molecule has 0 aromatic heterocycles. The highest BCUT2D eigenvalue weighted by Crippen LogP contribution is 2.22. The molecular weight excluding hydrogens is 371 g/mol. The van der Waals surface area contributed by atoms with Crippen LogP contribution in [0.1, 0.15) is 20.3 Å². The first-order chi connectivity index (χ1) is 9.07. The Balaban J connectivity index is 2.42. The molecule has 0 spiro atoms. The zero-order chi connectivity index (χ0) is 14.1. The van der Waals surface area contributed by atoms with Crippen LogP contribution in [0, 0.1) is 0 Å². The third-order valence-electron chi connectivity index (χ3n) is 2.63. The second kappa shape index (κ2) is 9.00. The van der Waals surface area contributed by atoms with Crippen LogP contribution in [0.2, 0.25) is 0 Å². The summed E-state index contributed by atoms with van der Waals surface area (Å²) in [5.74, 6) is 0.480. The predicted molar refractivity (Wildman–Crippen MR) is 90.9 cm³/mol. The van der Waals surface area contributed by atoms with Gasteiger partial charge in [-0.15, -0.1) is 11.8 Å². The van der Waals surface area contributed by atoms with Crippen molar-refractivity contribution in [3.05, 3.63) is 40.5 Å². The fraction of sp³-hybridized carbons (Fsp3) is 0.467. The molecule has 0 amide bonds. The van der Waals surface area contributed by atoms with Gasteiger partial charge in [0.05, 0.1) is 6.10 Å². The van der Waals surface area contributed by atoms with Crippen LogP contribution in [0.25, 0.3) is 0 Å². The van der Waals surface area contributed by atoms with E-state index < -0.39 is 5.79 Å². The van der Waals surface area contributed by atoms with Gasteiger partial charge in [-0.05, 0) is 42.6 Å². The van der Waals surface area contributed by atoms with Gasteiger partial charge in [-0.25, -0.2) is 0 Å². The molecule has 2 nitrogen and oxygen atoms in total. The number of halogens is 1. The maximum absolute atomic E-state index is 5.94. The minimum atomic E-state index is -0.543. The lowest BCUT2D eigenvalue weighted by Gasteiger charge is -2.28. The van der Waals surface area contributed by atoms with Crippen molar-refractivity contribution in [2.45, 2.75) is 37.1 Å². The van der Waals surface area contributed by atoms with Crippen molar-refractivity contribution in [1.29, 1.82) is 0 Å². The van der Waals surface area contributed by atoms with Gasteiger partial charge in [-0.2, -0.15) is 0 Å². The normalized spacial score (nSPS) is 13.9. The smallest absolute Gasteiger partial charge is 0.163 e. The Labute approximate surface area is 134 Å². The number of ether oxygens (including phenoxy) is 2. The Kier molecular flexibility index (Phi) is 8.06. The quantitative estimate of drug-likeness (QED) is 0.357. The second-order valence-electron chi connectivity index (χ2n) is 4.53. The minimum Gasteiger partial charge on any atom is -0.354 e. The van der Waals surface area contributed by atoms with Crippen LogP contribution >= 0.6 is 34.4 Å². The molecule has 0 heterocycles. The first-order valence-electron chi connectivity index (χ1n) is 6.25. The number of rotatable bonds is 8. The van der Waals surface area contributed by atoms with Crippen LogP contribution in [-0.4, -0.2) is 24.8 Å². The first kappa shape index (κ1) is 17.0. The van der Waals surface area contributed by atoms with Gasteiger partial charge in [0, 0.05) is 17.8 Å². The molecule has 0 aliphatic carbocycles. The van der Waals surface area contributed by atoms with Gasteiger partial charge in [0.1, 0.15) is 0 Å². The summed E-state index contributed by atoms with van der Waals surface area (Å²) in [7, 11) is 1.67. The molecule has 1 unspecified atom stereocenters. The molecule has 0 saturated carbocycles. The minimum absolute atomic E-state index is 0.0862. The van der Waals surface area contributed by atoms with Gasteiger partial charge < -0.3 is 9.47 Å². The number of hydrogen-bond donors (Lipinski definition) is 0. The summed E-state index contributed by atoms with van der Waals surface area (Å²) >= 11 is 4.07. The zero-order valence-corrected chi connectivity index (χ0v) is 14.6. The largest absolute Gasteiger partial charge is 0.354 e. The van der Waals surface area contributed by atoms with E-state index in [1.165, 1.54) is 4.90 Å². The molecule has 0 N–H and O–H groups in total. The molecule has 0 fully saturated rings. The number of thioether (sulfide) groups is 1. The summed E-state index contributed by atoms with van der Waals surface area (Å²) in [6.07, 6.45) is 3.13. The molecule has 0 bridgehead atoms. The summed E-state index contributed by atoms with van der Waals surface area (Å²) in [5.41, 5.74) is 0. The molecule has 1 rings (SSSR count). The summed E-state index contributed by atoms with van der Waals surface area (Å²) in [4.78, 5) is 1.30. The molecule has 0 aliphatic heterocycles. The first-order valence-corrected chi connectivity index (χ1v) is 8.48. The Morgan fingerprint density at radius 1 is 1.32 bits per heavy atom. The van der Waals surface area contributed by atoms with E-state index in [-0.39, 0.29) is 6.10 Å². The molecule has 1 atom stereocenters. The van der Waals surface area contributed by atoms with Crippen LogP contribution in [0.5, 0.6) is 0 Å². The van der Waals surface area contributed by atoms with Gasteiger partial charge in [0.15, 0.2) is 5.79 Å². The van der Waals surface area contributed by atoms with E-state index in [2.05, 4.69) is 52.9 Å². The van der Waals surface area contributed by atoms with Crippen LogP contribution in [0.15, 0.2) is 45.4 Å². The lowest BCUT2D eigenvalue weighted by atomic mass is 10.2. The molecule has 19 heavy (non-hydrogen) atoms. The highest BCUT2D eigenvalue weighted by molar-refractivity contribution is 14.1. The van der Waals surface area contributed by atoms with Crippen molar-refractivity contribution in [3.8, 4) is 0 Å². The maximum Gasteiger partial charge on any atom is 0.163 e. The molecule has 0 radical (unpaired) electrons. The van der Waals surface area contributed by atoms with Crippen molar-refractivity contribution in [3.63, 3.8) is 0 Å². The summed E-state index contributed by atoms with van der Waals surface area (Å²) in [6, 6.07) is 10.4. The van der Waals surface area contributed by atoms with Crippen molar-refractivity contribution in [2.75, 3.05) is 12.9 Å². The van der Waals surface area contributed by atoms with Gasteiger partial charge in [0.25, 0.3) is 0 Å². The van der Waals surface area contributed by atoms with Crippen molar-refractivity contribution in [2.24, 2.45) is 0 Å². The molecule has 0 saturated heterocycles. The molecule has 4 heteroatoms. The number of hydrogen-bond acceptors (Lipinski definition) is 3. The second-order valence-corrected chi connectivity index (χ2v) is 6.42. The van der Waals surface area contributed by atoms with Crippen molar-refractivity contribution >= 4 is 34.4 Å². The maximum atomic E-state index is 5.94. The monoisotopic (exact) mass is 392 g/mol. The van der Waals surface area contributed by atoms with E-state index in [9.17, 15) is 0 Å². The van der Waals surface area contributed by atoms with E-state index in [1.807, 2.05) is 35.8 Å². The SMILES string of the molecule is COC(C)(C)OC(/C=C\I)CCSc1ccccc1. The summed E-state index contributed by atoms with van der Waals surface area (Å²) < 4.78 is 13.3. The zero-order valence-electron chi connectivity index (χ0n) is 11.6. The average Bonchev–Trinajstić information content (AvgIpc) is 2.40. The number of methoxy groups -OCH3 is 1. The third-order valence-corrected chi connectivity index (χ3v) is 4.09. The molecular formula is C15H21IO2S. The highest BCUT2D eigenvalue weighted by Gasteiger charge is 2.21. The molecule has 1 aromatic carbocycles. The molecule has 0 aliphatic rings. The van der Waals surface area contributed by atoms with Crippen LogP contribution in [0.4, 0.5) is 0 Å². The molecule has 106 valence electrons. The lowest BCUT2D eigenvalue weighted by Crippen LogP contribution is -2.31. The fourth-order valence-electron chi connectivity index (χ4n) is 1.50. The average molecular weight is 392 g/mol. The van der Waals surface area contributed by atoms with E-state index in [0.717, 1.165) is 12.2 Å². The summed E-state index contributed by atoms with van der Waals surface area (Å²) in [5, 5.41) is 0. The van der Waals surface area contributed by atoms with Gasteiger partial charge >= 0.3 is 0 Å². The van der Waals surface area contributed by atoms with Gasteiger partial charge in [0.2, 0.25) is 0 Å². The standard InChI is InChI=1S/C15H21IO2S/c1-15(2,17-3)18-13(9-11-16)10-12-19-14-7-5-4-6-8-14/h4-9,11,13H,10,12H2,1-3H3/b11-9-. The van der Waals surface area contributed by atoms with Crippen molar-refractivity contribution in [1.82, 2.24) is 0 Å². The van der Waals surface area contributed by atoms with Crippen LogP contribution < -0.4 is 0 Å². The van der Waals surface area contributed by atoms with E-state index in [4.69, 9.17) is 9.47 Å². The Bertz CT molecular complexity index is 379. The van der Waals surface area contributed by atoms with Crippen LogP contribution in [0.3, 0.4) is 0 Å². The Morgan fingerprint density at radius 2 is 2.00 bits per heavy atom. The summed E-state index contributed by atoms with van der Waals surface area (Å²) in [6.45, 7) is 3.87. The Morgan fingerprint density at radius 3 is 2.58 bits per heavy atom.